The van der Waals surface area contributed by atoms with E-state index in [2.05, 4.69) is 10.1 Å². The highest BCUT2D eigenvalue weighted by Gasteiger charge is 2.13. The molecule has 4 nitrogen and oxygen atoms in total. The second-order valence-electron chi connectivity index (χ2n) is 2.40. The molecule has 0 saturated carbocycles. The molecule has 0 spiro atoms. The summed E-state index contributed by atoms with van der Waals surface area (Å²) in [6, 6.07) is -0.257. The van der Waals surface area contributed by atoms with Gasteiger partial charge >= 0.3 is 6.09 Å². The first kappa shape index (κ1) is 10.2. The van der Waals surface area contributed by atoms with Gasteiger partial charge in [0, 0.05) is 0 Å². The van der Waals surface area contributed by atoms with E-state index in [1.807, 2.05) is 6.92 Å². The SMILES string of the molecule is CCC(O)C(C)NC(=O)OC. The maximum Gasteiger partial charge on any atom is 0.407 e. The Kier molecular flexibility index (Phi) is 4.61. The van der Waals surface area contributed by atoms with Crippen molar-refractivity contribution >= 4 is 6.09 Å². The second-order valence-corrected chi connectivity index (χ2v) is 2.40. The van der Waals surface area contributed by atoms with Crippen LogP contribution in [-0.4, -0.2) is 30.5 Å². The predicted molar refractivity (Wildman–Crippen MR) is 41.3 cm³/mol. The average Bonchev–Trinajstić information content (AvgIpc) is 2.02. The Balaban J connectivity index is 3.67. The van der Waals surface area contributed by atoms with Crippen molar-refractivity contribution in [2.45, 2.75) is 32.4 Å². The Hall–Kier alpha value is -0.770. The molecule has 0 bridgehead atoms. The highest BCUT2D eigenvalue weighted by atomic mass is 16.5. The van der Waals surface area contributed by atoms with E-state index in [1.165, 1.54) is 7.11 Å². The molecule has 11 heavy (non-hydrogen) atoms. The molecule has 0 fully saturated rings. The third kappa shape index (κ3) is 3.83. The molecule has 1 amide bonds. The monoisotopic (exact) mass is 161 g/mol. The van der Waals surface area contributed by atoms with Gasteiger partial charge in [0.2, 0.25) is 0 Å². The zero-order valence-electron chi connectivity index (χ0n) is 7.13. The molecule has 2 unspecified atom stereocenters. The molecular weight excluding hydrogens is 146 g/mol. The van der Waals surface area contributed by atoms with E-state index in [4.69, 9.17) is 0 Å². The molecule has 0 aliphatic rings. The van der Waals surface area contributed by atoms with Crippen LogP contribution in [0.5, 0.6) is 0 Å². The van der Waals surface area contributed by atoms with Crippen molar-refractivity contribution in [3.63, 3.8) is 0 Å². The first-order chi connectivity index (χ1) is 5.11. The lowest BCUT2D eigenvalue weighted by Crippen LogP contribution is -2.40. The molecule has 0 saturated heterocycles. The normalized spacial score (nSPS) is 15.3. The smallest absolute Gasteiger partial charge is 0.407 e. The molecule has 2 atom stereocenters. The van der Waals surface area contributed by atoms with E-state index in [0.717, 1.165) is 0 Å². The Bertz CT molecular complexity index is 127. The first-order valence-corrected chi connectivity index (χ1v) is 3.64. The van der Waals surface area contributed by atoms with Gasteiger partial charge in [-0.2, -0.15) is 0 Å². The van der Waals surface area contributed by atoms with E-state index in [-0.39, 0.29) is 6.04 Å². The van der Waals surface area contributed by atoms with Crippen molar-refractivity contribution in [1.29, 1.82) is 0 Å². The van der Waals surface area contributed by atoms with Crippen LogP contribution in [0.1, 0.15) is 20.3 Å². The molecular formula is C7H15NO3. The number of aliphatic hydroxyl groups excluding tert-OH is 1. The van der Waals surface area contributed by atoms with Gasteiger partial charge in [0.15, 0.2) is 0 Å². The van der Waals surface area contributed by atoms with Crippen LogP contribution >= 0.6 is 0 Å². The highest BCUT2D eigenvalue weighted by Crippen LogP contribution is 1.96. The molecule has 0 heterocycles. The number of nitrogens with one attached hydrogen (secondary N) is 1. The van der Waals surface area contributed by atoms with Gasteiger partial charge in [-0.15, -0.1) is 0 Å². The van der Waals surface area contributed by atoms with Crippen molar-refractivity contribution in [1.82, 2.24) is 5.32 Å². The largest absolute Gasteiger partial charge is 0.453 e. The summed E-state index contributed by atoms with van der Waals surface area (Å²) in [5.74, 6) is 0. The molecule has 66 valence electrons. The summed E-state index contributed by atoms with van der Waals surface area (Å²) in [4.78, 5) is 10.6. The topological polar surface area (TPSA) is 58.6 Å². The molecule has 0 aromatic rings. The summed E-state index contributed by atoms with van der Waals surface area (Å²) in [5, 5.41) is 11.7. The fourth-order valence-electron chi connectivity index (χ4n) is 0.695. The van der Waals surface area contributed by atoms with Crippen molar-refractivity contribution < 1.29 is 14.6 Å². The van der Waals surface area contributed by atoms with Gasteiger partial charge in [0.25, 0.3) is 0 Å². The van der Waals surface area contributed by atoms with Gasteiger partial charge in [0.1, 0.15) is 0 Å². The number of methoxy groups -OCH3 is 1. The number of hydrogen-bond donors (Lipinski definition) is 2. The zero-order valence-corrected chi connectivity index (χ0v) is 7.13. The van der Waals surface area contributed by atoms with Gasteiger partial charge < -0.3 is 15.2 Å². The number of carbonyl (C=O) groups excluding carboxylic acids is 1. The number of hydrogen-bond acceptors (Lipinski definition) is 3. The Morgan fingerprint density at radius 3 is 2.64 bits per heavy atom. The van der Waals surface area contributed by atoms with E-state index >= 15 is 0 Å². The van der Waals surface area contributed by atoms with Crippen molar-refractivity contribution in [2.24, 2.45) is 0 Å². The average molecular weight is 161 g/mol. The lowest BCUT2D eigenvalue weighted by molar-refractivity contribution is 0.117. The summed E-state index contributed by atoms with van der Waals surface area (Å²) in [6.45, 7) is 3.57. The van der Waals surface area contributed by atoms with Crippen LogP contribution < -0.4 is 5.32 Å². The molecule has 0 aromatic heterocycles. The fourth-order valence-corrected chi connectivity index (χ4v) is 0.695. The summed E-state index contributed by atoms with van der Waals surface area (Å²) < 4.78 is 4.35. The van der Waals surface area contributed by atoms with E-state index in [1.54, 1.807) is 6.92 Å². The molecule has 0 aliphatic carbocycles. The summed E-state index contributed by atoms with van der Waals surface area (Å²) in [5.41, 5.74) is 0. The number of ether oxygens (including phenoxy) is 1. The number of carbonyl (C=O) groups is 1. The van der Waals surface area contributed by atoms with Crippen molar-refractivity contribution in [3.8, 4) is 0 Å². The number of amides is 1. The summed E-state index contributed by atoms with van der Waals surface area (Å²) in [6.07, 6.45) is -0.398. The minimum atomic E-state index is -0.509. The number of rotatable bonds is 3. The number of alkyl carbamates (subject to hydrolysis) is 1. The fraction of sp³-hybridized carbons (Fsp3) is 0.857. The second kappa shape index (κ2) is 4.96. The standard InChI is InChI=1S/C7H15NO3/c1-4-6(9)5(2)8-7(10)11-3/h5-6,9H,4H2,1-3H3,(H,8,10). The molecule has 0 rings (SSSR count). The van der Waals surface area contributed by atoms with Crippen LogP contribution in [0.25, 0.3) is 0 Å². The Morgan fingerprint density at radius 1 is 1.73 bits per heavy atom. The van der Waals surface area contributed by atoms with E-state index in [9.17, 15) is 9.90 Å². The zero-order chi connectivity index (χ0) is 8.85. The third-order valence-corrected chi connectivity index (χ3v) is 1.53. The minimum Gasteiger partial charge on any atom is -0.453 e. The molecule has 0 aliphatic heterocycles. The van der Waals surface area contributed by atoms with E-state index < -0.39 is 12.2 Å². The Labute approximate surface area is 66.5 Å². The van der Waals surface area contributed by atoms with Gasteiger partial charge in [-0.3, -0.25) is 0 Å². The van der Waals surface area contributed by atoms with Crippen LogP contribution in [0.4, 0.5) is 4.79 Å². The van der Waals surface area contributed by atoms with Crippen molar-refractivity contribution in [3.05, 3.63) is 0 Å². The number of aliphatic hydroxyl groups is 1. The molecule has 2 N–H and O–H groups in total. The summed E-state index contributed by atoms with van der Waals surface area (Å²) >= 11 is 0. The van der Waals surface area contributed by atoms with Gasteiger partial charge in [-0.25, -0.2) is 4.79 Å². The van der Waals surface area contributed by atoms with Crippen LogP contribution in [0.15, 0.2) is 0 Å². The van der Waals surface area contributed by atoms with Gasteiger partial charge in [0.05, 0.1) is 19.3 Å². The van der Waals surface area contributed by atoms with Crippen molar-refractivity contribution in [2.75, 3.05) is 7.11 Å². The molecule has 0 radical (unpaired) electrons. The maximum atomic E-state index is 10.6. The van der Waals surface area contributed by atoms with E-state index in [0.29, 0.717) is 6.42 Å². The quantitative estimate of drug-likeness (QED) is 0.633. The van der Waals surface area contributed by atoms with Crippen LogP contribution in [0, 0.1) is 0 Å². The van der Waals surface area contributed by atoms with Crippen LogP contribution in [0.3, 0.4) is 0 Å². The highest BCUT2D eigenvalue weighted by molar-refractivity contribution is 5.67. The summed E-state index contributed by atoms with van der Waals surface area (Å²) in [7, 11) is 1.29. The first-order valence-electron chi connectivity index (χ1n) is 3.64. The van der Waals surface area contributed by atoms with Crippen LogP contribution in [0.2, 0.25) is 0 Å². The molecule has 0 aromatic carbocycles. The van der Waals surface area contributed by atoms with Gasteiger partial charge in [-0.05, 0) is 13.3 Å². The maximum absolute atomic E-state index is 10.6. The predicted octanol–water partition coefficient (Wildman–Crippen LogP) is 0.502. The minimum absolute atomic E-state index is 0.257. The Morgan fingerprint density at radius 2 is 2.27 bits per heavy atom. The molecule has 4 heteroatoms. The lowest BCUT2D eigenvalue weighted by atomic mass is 10.1. The lowest BCUT2D eigenvalue weighted by Gasteiger charge is -2.17. The van der Waals surface area contributed by atoms with Crippen LogP contribution in [-0.2, 0) is 4.74 Å². The third-order valence-electron chi connectivity index (χ3n) is 1.53. The van der Waals surface area contributed by atoms with Gasteiger partial charge in [-0.1, -0.05) is 6.92 Å².